The van der Waals surface area contributed by atoms with Crippen LogP contribution in [0.2, 0.25) is 0 Å². The number of hydrogen-bond acceptors (Lipinski definition) is 3. The van der Waals surface area contributed by atoms with Gasteiger partial charge in [0.15, 0.2) is 0 Å². The normalized spacial score (nSPS) is 16.2. The van der Waals surface area contributed by atoms with E-state index >= 15 is 0 Å². The van der Waals surface area contributed by atoms with Crippen LogP contribution in [0.5, 0.6) is 0 Å². The first kappa shape index (κ1) is 24.5. The number of aryl methyl sites for hydroxylation is 4. The summed E-state index contributed by atoms with van der Waals surface area (Å²) in [5.41, 5.74) is 5.59. The molecule has 0 aromatic heterocycles. The summed E-state index contributed by atoms with van der Waals surface area (Å²) >= 11 is 0. The van der Waals surface area contributed by atoms with Crippen LogP contribution in [-0.4, -0.2) is 31.2 Å². The Morgan fingerprint density at radius 2 is 1.56 bits per heavy atom. The molecular weight excluding hydrogens is 420 g/mol. The van der Waals surface area contributed by atoms with Crippen LogP contribution in [0.4, 0.5) is 0 Å². The Hall–Kier alpha value is -2.18. The minimum absolute atomic E-state index is 0.139. The van der Waals surface area contributed by atoms with Crippen molar-refractivity contribution in [2.75, 3.05) is 6.54 Å². The van der Waals surface area contributed by atoms with E-state index in [0.717, 1.165) is 48.8 Å². The van der Waals surface area contributed by atoms with Crippen molar-refractivity contribution in [3.8, 4) is 0 Å². The fourth-order valence-electron chi connectivity index (χ4n) is 4.58. The van der Waals surface area contributed by atoms with E-state index in [-0.39, 0.29) is 29.4 Å². The third-order valence-electron chi connectivity index (χ3n) is 6.64. The largest absolute Gasteiger partial charge is 0.348 e. The molecule has 1 atom stereocenters. The summed E-state index contributed by atoms with van der Waals surface area (Å²) in [6, 6.07) is 10.8. The van der Waals surface area contributed by atoms with Gasteiger partial charge in [0.25, 0.3) is 0 Å². The Kier molecular flexibility index (Phi) is 7.78. The molecule has 174 valence electrons. The van der Waals surface area contributed by atoms with Crippen LogP contribution >= 0.6 is 0 Å². The summed E-state index contributed by atoms with van der Waals surface area (Å²) in [6.45, 7) is 9.90. The molecule has 0 bridgehead atoms. The van der Waals surface area contributed by atoms with Crippen molar-refractivity contribution in [2.45, 2.75) is 83.7 Å². The first-order valence-corrected chi connectivity index (χ1v) is 13.0. The number of hydrogen-bond donors (Lipinski definition) is 1. The molecule has 1 saturated carbocycles. The SMILES string of the molecule is Cc1ccc(S(=O)(=O)N(CC(=O)NC(C)c2cc(C)c(C)cc2C)C2CCCCC2)cc1. The number of rotatable bonds is 7. The van der Waals surface area contributed by atoms with E-state index < -0.39 is 10.0 Å². The van der Waals surface area contributed by atoms with E-state index in [1.165, 1.54) is 15.4 Å². The lowest BCUT2D eigenvalue weighted by Crippen LogP contribution is -2.47. The zero-order valence-electron chi connectivity index (χ0n) is 19.9. The van der Waals surface area contributed by atoms with Crippen LogP contribution in [0.1, 0.15) is 72.9 Å². The Balaban J connectivity index is 1.82. The summed E-state index contributed by atoms with van der Waals surface area (Å²) in [7, 11) is -3.76. The quantitative estimate of drug-likeness (QED) is 0.629. The number of benzene rings is 2. The van der Waals surface area contributed by atoms with E-state index in [0.29, 0.717) is 0 Å². The molecule has 0 radical (unpaired) electrons. The molecule has 1 aliphatic carbocycles. The molecule has 2 aromatic rings. The minimum atomic E-state index is -3.76. The van der Waals surface area contributed by atoms with E-state index in [1.807, 2.05) is 20.8 Å². The number of carbonyl (C=O) groups excluding carboxylic acids is 1. The lowest BCUT2D eigenvalue weighted by atomic mass is 9.95. The second-order valence-electron chi connectivity index (χ2n) is 9.24. The van der Waals surface area contributed by atoms with Crippen molar-refractivity contribution in [3.63, 3.8) is 0 Å². The van der Waals surface area contributed by atoms with E-state index in [4.69, 9.17) is 0 Å². The number of nitrogens with one attached hydrogen (secondary N) is 1. The summed E-state index contributed by atoms with van der Waals surface area (Å²) in [6.07, 6.45) is 4.69. The monoisotopic (exact) mass is 456 g/mol. The van der Waals surface area contributed by atoms with Crippen LogP contribution in [0, 0.1) is 27.7 Å². The molecule has 1 fully saturated rings. The lowest BCUT2D eigenvalue weighted by Gasteiger charge is -2.33. The molecule has 5 nitrogen and oxygen atoms in total. The second kappa shape index (κ2) is 10.2. The molecule has 0 spiro atoms. The zero-order chi connectivity index (χ0) is 23.5. The Morgan fingerprint density at radius 1 is 0.969 bits per heavy atom. The van der Waals surface area contributed by atoms with Gasteiger partial charge in [0.1, 0.15) is 0 Å². The van der Waals surface area contributed by atoms with Crippen LogP contribution in [-0.2, 0) is 14.8 Å². The highest BCUT2D eigenvalue weighted by atomic mass is 32.2. The standard InChI is InChI=1S/C26H36N2O3S/c1-18-11-13-24(14-12-18)32(30,31)28(23-9-7-6-8-10-23)17-26(29)27-22(5)25-16-20(3)19(2)15-21(25)4/h11-16,22-23H,6-10,17H2,1-5H3,(H,27,29). The van der Waals surface area contributed by atoms with Crippen molar-refractivity contribution in [1.82, 2.24) is 9.62 Å². The van der Waals surface area contributed by atoms with Gasteiger partial charge >= 0.3 is 0 Å². The van der Waals surface area contributed by atoms with Gasteiger partial charge in [-0.2, -0.15) is 4.31 Å². The van der Waals surface area contributed by atoms with Gasteiger partial charge in [0.2, 0.25) is 15.9 Å². The summed E-state index contributed by atoms with van der Waals surface area (Å²) in [4.78, 5) is 13.3. The highest BCUT2D eigenvalue weighted by Gasteiger charge is 2.34. The molecule has 1 N–H and O–H groups in total. The summed E-state index contributed by atoms with van der Waals surface area (Å²) < 4.78 is 28.5. The lowest BCUT2D eigenvalue weighted by molar-refractivity contribution is -0.122. The minimum Gasteiger partial charge on any atom is -0.348 e. The molecule has 0 saturated heterocycles. The van der Waals surface area contributed by atoms with Crippen LogP contribution in [0.25, 0.3) is 0 Å². The molecule has 1 unspecified atom stereocenters. The summed E-state index contributed by atoms with van der Waals surface area (Å²) in [5, 5.41) is 3.04. The molecule has 0 aliphatic heterocycles. The molecule has 1 aliphatic rings. The van der Waals surface area contributed by atoms with Crippen LogP contribution < -0.4 is 5.32 Å². The maximum Gasteiger partial charge on any atom is 0.243 e. The highest BCUT2D eigenvalue weighted by molar-refractivity contribution is 7.89. The van der Waals surface area contributed by atoms with Crippen molar-refractivity contribution in [1.29, 1.82) is 0 Å². The average Bonchev–Trinajstić information content (AvgIpc) is 2.75. The van der Waals surface area contributed by atoms with Gasteiger partial charge in [-0.05, 0) is 81.8 Å². The highest BCUT2D eigenvalue weighted by Crippen LogP contribution is 2.28. The summed E-state index contributed by atoms with van der Waals surface area (Å²) in [5.74, 6) is -0.267. The third-order valence-corrected chi connectivity index (χ3v) is 8.55. The molecule has 32 heavy (non-hydrogen) atoms. The Bertz CT molecular complexity index is 1060. The van der Waals surface area contributed by atoms with Gasteiger partial charge in [-0.25, -0.2) is 8.42 Å². The molecule has 2 aromatic carbocycles. The third kappa shape index (κ3) is 5.59. The van der Waals surface area contributed by atoms with Crippen LogP contribution in [0.15, 0.2) is 41.3 Å². The first-order chi connectivity index (χ1) is 15.1. The molecule has 6 heteroatoms. The van der Waals surface area contributed by atoms with Crippen molar-refractivity contribution in [3.05, 3.63) is 64.2 Å². The van der Waals surface area contributed by atoms with Gasteiger partial charge in [-0.15, -0.1) is 0 Å². The van der Waals surface area contributed by atoms with Crippen molar-refractivity contribution in [2.24, 2.45) is 0 Å². The van der Waals surface area contributed by atoms with Crippen molar-refractivity contribution < 1.29 is 13.2 Å². The molecule has 0 heterocycles. The maximum absolute atomic E-state index is 13.5. The predicted octanol–water partition coefficient (Wildman–Crippen LogP) is 5.12. The number of amides is 1. The topological polar surface area (TPSA) is 66.5 Å². The zero-order valence-corrected chi connectivity index (χ0v) is 20.8. The molecule has 1 amide bonds. The van der Waals surface area contributed by atoms with Gasteiger partial charge in [-0.3, -0.25) is 4.79 Å². The fourth-order valence-corrected chi connectivity index (χ4v) is 6.22. The number of carbonyl (C=O) groups is 1. The average molecular weight is 457 g/mol. The van der Waals surface area contributed by atoms with E-state index in [1.54, 1.807) is 24.3 Å². The Morgan fingerprint density at radius 3 is 2.19 bits per heavy atom. The van der Waals surface area contributed by atoms with Gasteiger partial charge in [-0.1, -0.05) is 49.1 Å². The van der Waals surface area contributed by atoms with E-state index in [2.05, 4.69) is 31.3 Å². The van der Waals surface area contributed by atoms with E-state index in [9.17, 15) is 13.2 Å². The number of nitrogens with zero attached hydrogens (tertiary/aromatic N) is 1. The molecular formula is C26H36N2O3S. The maximum atomic E-state index is 13.5. The number of sulfonamides is 1. The van der Waals surface area contributed by atoms with Gasteiger partial charge < -0.3 is 5.32 Å². The molecule has 3 rings (SSSR count). The predicted molar refractivity (Wildman–Crippen MR) is 129 cm³/mol. The van der Waals surface area contributed by atoms with Crippen molar-refractivity contribution >= 4 is 15.9 Å². The fraction of sp³-hybridized carbons (Fsp3) is 0.500. The van der Waals surface area contributed by atoms with Crippen LogP contribution in [0.3, 0.4) is 0 Å². The Labute approximate surface area is 193 Å². The first-order valence-electron chi connectivity index (χ1n) is 11.5. The van der Waals surface area contributed by atoms with Gasteiger partial charge in [0.05, 0.1) is 17.5 Å². The smallest absolute Gasteiger partial charge is 0.243 e. The second-order valence-corrected chi connectivity index (χ2v) is 11.1. The van der Waals surface area contributed by atoms with Gasteiger partial charge in [0, 0.05) is 6.04 Å².